The summed E-state index contributed by atoms with van der Waals surface area (Å²) in [7, 11) is 0. The highest BCUT2D eigenvalue weighted by atomic mass is 14.5. The molecule has 0 aromatic heterocycles. The lowest BCUT2D eigenvalue weighted by atomic mass is 9.63. The number of allylic oxidation sites excluding steroid dienone is 12. The van der Waals surface area contributed by atoms with Crippen molar-refractivity contribution in [3.63, 3.8) is 0 Å². The van der Waals surface area contributed by atoms with E-state index in [4.69, 9.17) is 0 Å². The minimum absolute atomic E-state index is 0.195. The van der Waals surface area contributed by atoms with Gasteiger partial charge in [0.25, 0.3) is 0 Å². The highest BCUT2D eigenvalue weighted by Gasteiger charge is 2.46. The largest absolute Gasteiger partial charge is 0.0993 e. The van der Waals surface area contributed by atoms with E-state index in [9.17, 15) is 0 Å². The third-order valence-electron chi connectivity index (χ3n) is 7.89. The van der Waals surface area contributed by atoms with Crippen molar-refractivity contribution in [2.45, 2.75) is 79.1 Å². The molecule has 4 unspecified atom stereocenters. The highest BCUT2D eigenvalue weighted by molar-refractivity contribution is 5.44. The van der Waals surface area contributed by atoms with E-state index in [-0.39, 0.29) is 5.41 Å². The zero-order valence-electron chi connectivity index (χ0n) is 19.8. The van der Waals surface area contributed by atoms with Crippen LogP contribution in [0.2, 0.25) is 0 Å². The molecule has 4 rings (SSSR count). The molecule has 4 aliphatic carbocycles. The van der Waals surface area contributed by atoms with Crippen LogP contribution in [0.1, 0.15) is 79.1 Å². The molecule has 30 heavy (non-hydrogen) atoms. The third-order valence-corrected chi connectivity index (χ3v) is 7.89. The summed E-state index contributed by atoms with van der Waals surface area (Å²) in [5, 5.41) is 0. The minimum atomic E-state index is 0.195. The van der Waals surface area contributed by atoms with Crippen LogP contribution in [0.15, 0.2) is 83.6 Å². The maximum atomic E-state index is 4.55. The van der Waals surface area contributed by atoms with Crippen LogP contribution in [-0.4, -0.2) is 0 Å². The van der Waals surface area contributed by atoms with Gasteiger partial charge < -0.3 is 0 Å². The smallest absolute Gasteiger partial charge is 0.00476 e. The quantitative estimate of drug-likeness (QED) is 0.411. The predicted octanol–water partition coefficient (Wildman–Crippen LogP) is 9.07. The van der Waals surface area contributed by atoms with Gasteiger partial charge >= 0.3 is 0 Å². The van der Waals surface area contributed by atoms with Crippen LogP contribution in [0.4, 0.5) is 0 Å². The van der Waals surface area contributed by atoms with Gasteiger partial charge in [-0.25, -0.2) is 0 Å². The average Bonchev–Trinajstić information content (AvgIpc) is 2.91. The van der Waals surface area contributed by atoms with Crippen LogP contribution in [0.3, 0.4) is 0 Å². The van der Waals surface area contributed by atoms with Crippen molar-refractivity contribution in [3.05, 3.63) is 83.6 Å². The Morgan fingerprint density at radius 1 is 1.10 bits per heavy atom. The first-order valence-electron chi connectivity index (χ1n) is 12.3. The molecule has 0 heteroatoms. The van der Waals surface area contributed by atoms with Crippen molar-refractivity contribution < 1.29 is 0 Å². The predicted molar refractivity (Wildman–Crippen MR) is 133 cm³/mol. The lowest BCUT2D eigenvalue weighted by Crippen LogP contribution is -2.32. The van der Waals surface area contributed by atoms with Gasteiger partial charge in [-0.05, 0) is 91.3 Å². The molecule has 4 aliphatic rings. The highest BCUT2D eigenvalue weighted by Crippen LogP contribution is 2.57. The second-order valence-corrected chi connectivity index (χ2v) is 9.74. The van der Waals surface area contributed by atoms with E-state index in [1.54, 1.807) is 11.1 Å². The summed E-state index contributed by atoms with van der Waals surface area (Å²) >= 11 is 0. The standard InChI is InChI=1S/C28H36.C2H6/c1-20-8-7-11-23(14-12-20)21(2)19-28(4)22(3)13-17-27(28)26-16-15-24-9-5-6-10-25(24)18-26;1-2/h5,7-9,11-12,14,20,26-27H,2-3,6,10,13,15-19H2,1,4H3;1-2H3. The maximum absolute atomic E-state index is 4.55. The van der Waals surface area contributed by atoms with Crippen LogP contribution < -0.4 is 0 Å². The zero-order valence-corrected chi connectivity index (χ0v) is 19.8. The van der Waals surface area contributed by atoms with Gasteiger partial charge in [-0.1, -0.05) is 94.5 Å². The number of rotatable bonds is 4. The summed E-state index contributed by atoms with van der Waals surface area (Å²) in [6, 6.07) is 0. The van der Waals surface area contributed by atoms with E-state index in [1.807, 2.05) is 13.8 Å². The summed E-state index contributed by atoms with van der Waals surface area (Å²) in [6.07, 6.45) is 26.1. The Hall–Kier alpha value is -1.82. The van der Waals surface area contributed by atoms with Crippen LogP contribution >= 0.6 is 0 Å². The number of hydrogen-bond acceptors (Lipinski definition) is 0. The second kappa shape index (κ2) is 9.99. The molecular weight excluding hydrogens is 360 g/mol. The van der Waals surface area contributed by atoms with Crippen LogP contribution in [0, 0.1) is 23.2 Å². The van der Waals surface area contributed by atoms with Crippen LogP contribution in [-0.2, 0) is 0 Å². The fourth-order valence-corrected chi connectivity index (χ4v) is 6.06. The van der Waals surface area contributed by atoms with Gasteiger partial charge in [0.1, 0.15) is 0 Å². The Morgan fingerprint density at radius 2 is 1.90 bits per heavy atom. The Labute approximate surface area is 185 Å². The molecule has 0 aliphatic heterocycles. The normalized spacial score (nSPS) is 32.9. The summed E-state index contributed by atoms with van der Waals surface area (Å²) in [5.41, 5.74) is 7.64. The lowest BCUT2D eigenvalue weighted by molar-refractivity contribution is 0.169. The van der Waals surface area contributed by atoms with Crippen molar-refractivity contribution in [1.29, 1.82) is 0 Å². The molecule has 4 atom stereocenters. The van der Waals surface area contributed by atoms with Crippen molar-refractivity contribution in [2.75, 3.05) is 0 Å². The summed E-state index contributed by atoms with van der Waals surface area (Å²) in [5.74, 6) is 2.07. The van der Waals surface area contributed by atoms with Crippen LogP contribution in [0.5, 0.6) is 0 Å². The van der Waals surface area contributed by atoms with Gasteiger partial charge in [0, 0.05) is 0 Å². The summed E-state index contributed by atoms with van der Waals surface area (Å²) < 4.78 is 0. The summed E-state index contributed by atoms with van der Waals surface area (Å²) in [6.45, 7) is 17.8. The number of hydrogen-bond donors (Lipinski definition) is 0. The SMILES string of the molecule is C=C(CC1(C)C(=C)CCC1C1CCC2=C(CCC=C2)C1)C1=CC=CC(C)C=C1.CC. The van der Waals surface area contributed by atoms with Crippen molar-refractivity contribution >= 4 is 0 Å². The molecule has 0 spiro atoms. The topological polar surface area (TPSA) is 0 Å². The Morgan fingerprint density at radius 3 is 2.70 bits per heavy atom. The Bertz CT molecular complexity index is 809. The van der Waals surface area contributed by atoms with Gasteiger partial charge in [0.05, 0.1) is 0 Å². The first-order chi connectivity index (χ1) is 14.5. The van der Waals surface area contributed by atoms with Gasteiger partial charge in [0.2, 0.25) is 0 Å². The van der Waals surface area contributed by atoms with E-state index in [0.717, 1.165) is 18.3 Å². The van der Waals surface area contributed by atoms with Gasteiger partial charge in [-0.2, -0.15) is 0 Å². The van der Waals surface area contributed by atoms with Gasteiger partial charge in [-0.15, -0.1) is 0 Å². The van der Waals surface area contributed by atoms with Gasteiger partial charge in [0.15, 0.2) is 0 Å². The molecule has 162 valence electrons. The molecular formula is C30H42. The minimum Gasteiger partial charge on any atom is -0.0993 e. The third kappa shape index (κ3) is 4.74. The Balaban J connectivity index is 0.00000124. The van der Waals surface area contributed by atoms with E-state index in [2.05, 4.69) is 69.5 Å². The molecule has 0 bridgehead atoms. The monoisotopic (exact) mass is 402 g/mol. The zero-order chi connectivity index (χ0) is 21.7. The second-order valence-electron chi connectivity index (χ2n) is 9.74. The molecule has 0 radical (unpaired) electrons. The molecule has 0 heterocycles. The molecule has 0 saturated heterocycles. The molecule has 0 nitrogen and oxygen atoms in total. The molecule has 0 amide bonds. The first-order valence-corrected chi connectivity index (χ1v) is 12.3. The fourth-order valence-electron chi connectivity index (χ4n) is 6.06. The molecule has 1 fully saturated rings. The fraction of sp³-hybridized carbons (Fsp3) is 0.533. The van der Waals surface area contributed by atoms with E-state index in [1.165, 1.54) is 61.7 Å². The van der Waals surface area contributed by atoms with E-state index in [0.29, 0.717) is 5.92 Å². The Kier molecular flexibility index (Phi) is 7.61. The van der Waals surface area contributed by atoms with Crippen molar-refractivity contribution in [3.8, 4) is 0 Å². The van der Waals surface area contributed by atoms with Gasteiger partial charge in [-0.3, -0.25) is 0 Å². The summed E-state index contributed by atoms with van der Waals surface area (Å²) in [4.78, 5) is 0. The molecule has 1 saturated carbocycles. The van der Waals surface area contributed by atoms with E-state index >= 15 is 0 Å². The van der Waals surface area contributed by atoms with Crippen molar-refractivity contribution in [1.82, 2.24) is 0 Å². The average molecular weight is 403 g/mol. The van der Waals surface area contributed by atoms with Crippen molar-refractivity contribution in [2.24, 2.45) is 23.2 Å². The lowest BCUT2D eigenvalue weighted by Gasteiger charge is -2.41. The molecule has 0 aromatic rings. The first kappa shape index (κ1) is 22.9. The molecule has 0 N–H and O–H groups in total. The molecule has 0 aromatic carbocycles. The van der Waals surface area contributed by atoms with E-state index < -0.39 is 0 Å². The van der Waals surface area contributed by atoms with Crippen LogP contribution in [0.25, 0.3) is 0 Å². The maximum Gasteiger partial charge on any atom is -0.00476 e.